The maximum absolute atomic E-state index is 12.8. The van der Waals surface area contributed by atoms with Crippen LogP contribution in [0.1, 0.15) is 16.6 Å². The molecule has 3 heterocycles. The Morgan fingerprint density at radius 3 is 2.45 bits per heavy atom. The first-order valence-electron chi connectivity index (χ1n) is 10.9. The van der Waals surface area contributed by atoms with Crippen LogP contribution in [0.4, 0.5) is 5.82 Å². The number of carbonyl (C=O) groups excluding carboxylic acids is 1. The van der Waals surface area contributed by atoms with Crippen LogP contribution in [0.2, 0.25) is 0 Å². The molecule has 22 heteroatoms. The maximum atomic E-state index is 12.8. The third-order valence-corrected chi connectivity index (χ3v) is 9.66. The van der Waals surface area contributed by atoms with Crippen LogP contribution in [0.3, 0.4) is 0 Å². The standard InChI is InChI=1S/C18H22N5O13P3S/c1-19-15-12-16(21-8-20-15)23(9-22-12)17-14(34-18(25)10-5-3-2-4-6-10)13(24)11(33-17)7-32-37(26,27)35-38(28,29)36-39(30,31)40/h2-6,8-9,11,13-14,17,24H,7H2,1H3,(H,26,27)(H,28,29)(H,19,20,21)(H2,30,31,40)/t11-,13-,14-,17-/m1/s1. The van der Waals surface area contributed by atoms with Gasteiger partial charge < -0.3 is 39.5 Å². The predicted octanol–water partition coefficient (Wildman–Crippen LogP) is 0.812. The van der Waals surface area contributed by atoms with Crippen molar-refractivity contribution >= 4 is 57.1 Å². The smallest absolute Gasteiger partial charge is 0.451 e. The summed E-state index contributed by atoms with van der Waals surface area (Å²) in [5, 5.41) is 13.8. The molecule has 18 nitrogen and oxygen atoms in total. The number of esters is 1. The Hall–Kier alpha value is -2.21. The average Bonchev–Trinajstić information content (AvgIpc) is 3.42. The van der Waals surface area contributed by atoms with Crippen LogP contribution in [0.15, 0.2) is 43.0 Å². The molecule has 2 aromatic heterocycles. The summed E-state index contributed by atoms with van der Waals surface area (Å²) in [4.78, 5) is 62.6. The molecule has 218 valence electrons. The third kappa shape index (κ3) is 7.35. The number of anilines is 1. The number of carbonyl (C=O) groups is 1. The number of nitrogens with one attached hydrogen (secondary N) is 1. The van der Waals surface area contributed by atoms with Crippen LogP contribution >= 0.6 is 22.4 Å². The first-order chi connectivity index (χ1) is 18.7. The van der Waals surface area contributed by atoms with Gasteiger partial charge in [-0.2, -0.15) is 4.31 Å². The second kappa shape index (κ2) is 12.0. The summed E-state index contributed by atoms with van der Waals surface area (Å²) in [6.45, 7) is -5.71. The SMILES string of the molecule is CNc1ncnc2c1ncn2[C@@H]1O[C@H](COP(=O)(O)OP(=O)(O)OP(O)(O)=S)[C@@H](O)[C@H]1OC(=O)c1ccccc1. The highest BCUT2D eigenvalue weighted by Crippen LogP contribution is 2.66. The van der Waals surface area contributed by atoms with Gasteiger partial charge >= 0.3 is 28.3 Å². The molecule has 0 aliphatic carbocycles. The lowest BCUT2D eigenvalue weighted by atomic mass is 10.1. The summed E-state index contributed by atoms with van der Waals surface area (Å²) in [7, 11) is -9.39. The minimum absolute atomic E-state index is 0.156. The van der Waals surface area contributed by atoms with E-state index in [1.165, 1.54) is 29.4 Å². The predicted molar refractivity (Wildman–Crippen MR) is 137 cm³/mol. The number of aliphatic hydroxyl groups is 1. The Kier molecular flexibility index (Phi) is 9.19. The van der Waals surface area contributed by atoms with Gasteiger partial charge in [0, 0.05) is 7.05 Å². The number of rotatable bonds is 11. The van der Waals surface area contributed by atoms with Crippen molar-refractivity contribution in [2.75, 3.05) is 19.0 Å². The first kappa shape index (κ1) is 30.7. The van der Waals surface area contributed by atoms with Crippen molar-refractivity contribution in [1.29, 1.82) is 0 Å². The molecule has 3 aromatic rings. The number of phosphoric ester groups is 1. The Balaban J connectivity index is 1.58. The van der Waals surface area contributed by atoms with E-state index in [0.29, 0.717) is 11.3 Å². The van der Waals surface area contributed by atoms with Crippen LogP contribution in [0.5, 0.6) is 0 Å². The fourth-order valence-corrected chi connectivity index (χ4v) is 7.45. The first-order valence-corrected chi connectivity index (χ1v) is 16.5. The number of phosphoric acid groups is 2. The minimum Gasteiger partial charge on any atom is -0.451 e. The molecule has 0 bridgehead atoms. The molecular formula is C18H22N5O13P3S. The van der Waals surface area contributed by atoms with Crippen molar-refractivity contribution in [3.05, 3.63) is 48.5 Å². The number of nitrogens with zero attached hydrogens (tertiary/aromatic N) is 4. The van der Waals surface area contributed by atoms with Crippen molar-refractivity contribution in [3.8, 4) is 0 Å². The average molecular weight is 641 g/mol. The number of aromatic nitrogens is 4. The molecular weight excluding hydrogens is 619 g/mol. The molecule has 0 amide bonds. The zero-order valence-corrected chi connectivity index (χ0v) is 23.6. The minimum atomic E-state index is -5.56. The lowest BCUT2D eigenvalue weighted by molar-refractivity contribution is -0.0558. The molecule has 40 heavy (non-hydrogen) atoms. The van der Waals surface area contributed by atoms with Gasteiger partial charge in [-0.1, -0.05) is 18.2 Å². The molecule has 4 rings (SSSR count). The molecule has 1 aromatic carbocycles. The van der Waals surface area contributed by atoms with Gasteiger partial charge in [-0.05, 0) is 23.9 Å². The largest absolute Gasteiger partial charge is 0.488 e. The Morgan fingerprint density at radius 2 is 1.80 bits per heavy atom. The van der Waals surface area contributed by atoms with Crippen LogP contribution in [0, 0.1) is 0 Å². The Morgan fingerprint density at radius 1 is 1.10 bits per heavy atom. The van der Waals surface area contributed by atoms with E-state index in [9.17, 15) is 28.8 Å². The van der Waals surface area contributed by atoms with Gasteiger partial charge in [0.2, 0.25) is 0 Å². The summed E-state index contributed by atoms with van der Waals surface area (Å²) < 4.78 is 49.2. The number of imidazole rings is 1. The summed E-state index contributed by atoms with van der Waals surface area (Å²) >= 11 is 4.03. The number of hydrogen-bond acceptors (Lipinski definition) is 14. The molecule has 0 saturated carbocycles. The van der Waals surface area contributed by atoms with Crippen molar-refractivity contribution < 1.29 is 61.2 Å². The second-order valence-corrected chi connectivity index (χ2v) is 13.8. The quantitative estimate of drug-likeness (QED) is 0.125. The molecule has 6 atom stereocenters. The highest BCUT2D eigenvalue weighted by Gasteiger charge is 2.49. The molecule has 6 N–H and O–H groups in total. The topological polar surface area (TPSA) is 254 Å². The van der Waals surface area contributed by atoms with Gasteiger partial charge in [-0.15, -0.1) is 0 Å². The zero-order valence-electron chi connectivity index (χ0n) is 20.1. The number of fused-ring (bicyclic) bond motifs is 1. The van der Waals surface area contributed by atoms with Crippen LogP contribution in [0.25, 0.3) is 11.2 Å². The number of benzene rings is 1. The highest BCUT2D eigenvalue weighted by molar-refractivity contribution is 8.08. The van der Waals surface area contributed by atoms with Crippen molar-refractivity contribution in [3.63, 3.8) is 0 Å². The maximum Gasteiger partial charge on any atom is 0.488 e. The molecule has 1 aliphatic heterocycles. The van der Waals surface area contributed by atoms with E-state index in [1.54, 1.807) is 25.2 Å². The van der Waals surface area contributed by atoms with Crippen molar-refractivity contribution in [1.82, 2.24) is 19.5 Å². The van der Waals surface area contributed by atoms with Gasteiger partial charge in [-0.3, -0.25) is 9.09 Å². The van der Waals surface area contributed by atoms with E-state index in [2.05, 4.69) is 45.2 Å². The summed E-state index contributed by atoms with van der Waals surface area (Å²) in [5.41, 5.74) is 0.692. The van der Waals surface area contributed by atoms with Gasteiger partial charge in [0.15, 0.2) is 23.8 Å². The van der Waals surface area contributed by atoms with E-state index >= 15 is 0 Å². The molecule has 0 spiro atoms. The van der Waals surface area contributed by atoms with Gasteiger partial charge in [-0.25, -0.2) is 33.2 Å². The monoisotopic (exact) mass is 641 g/mol. The molecule has 2 unspecified atom stereocenters. The fourth-order valence-electron chi connectivity index (χ4n) is 3.66. The number of ether oxygens (including phenoxy) is 2. The van der Waals surface area contributed by atoms with Gasteiger partial charge in [0.05, 0.1) is 18.5 Å². The van der Waals surface area contributed by atoms with E-state index < -0.39 is 59.5 Å². The summed E-state index contributed by atoms with van der Waals surface area (Å²) in [6, 6.07) is 7.83. The summed E-state index contributed by atoms with van der Waals surface area (Å²) in [6.07, 6.45) is -3.37. The molecule has 1 aliphatic rings. The second-order valence-electron chi connectivity index (χ2n) is 7.97. The van der Waals surface area contributed by atoms with Gasteiger partial charge in [0.25, 0.3) is 0 Å². The molecule has 0 radical (unpaired) electrons. The Labute approximate surface area is 230 Å². The lowest BCUT2D eigenvalue weighted by Crippen LogP contribution is -2.37. The van der Waals surface area contributed by atoms with E-state index in [-0.39, 0.29) is 11.2 Å². The molecule has 1 saturated heterocycles. The lowest BCUT2D eigenvalue weighted by Gasteiger charge is -2.22. The fraction of sp³-hybridized carbons (Fsp3) is 0.333. The van der Waals surface area contributed by atoms with Crippen LogP contribution in [-0.4, -0.2) is 82.1 Å². The van der Waals surface area contributed by atoms with Gasteiger partial charge in [0.1, 0.15) is 24.1 Å². The van der Waals surface area contributed by atoms with E-state index in [0.717, 1.165) is 0 Å². The van der Waals surface area contributed by atoms with Crippen molar-refractivity contribution in [2.24, 2.45) is 0 Å². The third-order valence-electron chi connectivity index (χ3n) is 5.25. The zero-order chi connectivity index (χ0) is 29.3. The number of hydrogen-bond donors (Lipinski definition) is 6. The van der Waals surface area contributed by atoms with Crippen molar-refractivity contribution in [2.45, 2.75) is 24.5 Å². The van der Waals surface area contributed by atoms with Crippen LogP contribution in [-0.2, 0) is 43.6 Å². The normalized spacial score (nSPS) is 24.4. The molecule has 1 fully saturated rings. The Bertz CT molecular complexity index is 1520. The summed E-state index contributed by atoms with van der Waals surface area (Å²) in [5.74, 6) is -0.460. The number of aliphatic hydroxyl groups excluding tert-OH is 1. The van der Waals surface area contributed by atoms with E-state index in [4.69, 9.17) is 19.3 Å². The highest BCUT2D eigenvalue weighted by atomic mass is 32.5. The van der Waals surface area contributed by atoms with Crippen LogP contribution < -0.4 is 5.32 Å². The van der Waals surface area contributed by atoms with E-state index in [1.807, 2.05) is 0 Å².